The number of benzene rings is 2. The Hall–Kier alpha value is -1.82. The molecule has 0 heterocycles. The molecule has 2 aromatic carbocycles. The molecule has 0 aliphatic heterocycles. The van der Waals surface area contributed by atoms with Crippen molar-refractivity contribution in [3.05, 3.63) is 58.1 Å². The zero-order chi connectivity index (χ0) is 21.8. The highest BCUT2D eigenvalue weighted by atomic mass is 79.9. The van der Waals surface area contributed by atoms with E-state index in [1.807, 2.05) is 0 Å². The Balaban J connectivity index is 2.66. The van der Waals surface area contributed by atoms with E-state index in [4.69, 9.17) is 18.0 Å². The van der Waals surface area contributed by atoms with Crippen molar-refractivity contribution >= 4 is 54.6 Å². The van der Waals surface area contributed by atoms with Crippen LogP contribution in [0.3, 0.4) is 0 Å². The van der Waals surface area contributed by atoms with Crippen LogP contribution in [0.5, 0.6) is 11.5 Å². The lowest BCUT2D eigenvalue weighted by atomic mass is 10.0. The molecular weight excluding hydrogens is 512 g/mol. The van der Waals surface area contributed by atoms with Crippen LogP contribution in [0.1, 0.15) is 11.1 Å². The number of hydrogen-bond acceptors (Lipinski definition) is 10. The van der Waals surface area contributed by atoms with Crippen molar-refractivity contribution in [2.24, 2.45) is 10.8 Å². The van der Waals surface area contributed by atoms with Crippen LogP contribution in [-0.4, -0.2) is 10.8 Å². The Bertz CT molecular complexity index is 1010. The van der Waals surface area contributed by atoms with E-state index in [2.05, 4.69) is 35.5 Å². The molecule has 0 aromatic heterocycles. The summed E-state index contributed by atoms with van der Waals surface area (Å²) in [5.74, 6) is -1.20. The minimum Gasteiger partial charge on any atom is -0.780 e. The topological polar surface area (TPSA) is 195 Å². The molecule has 0 saturated carbocycles. The molecule has 0 saturated heterocycles. The number of rotatable bonds is 7. The Morgan fingerprint density at radius 1 is 1.00 bits per heavy atom. The number of halogens is 1. The average molecular weight is 522 g/mol. The molecule has 0 bridgehead atoms. The third-order valence-electron chi connectivity index (χ3n) is 2.96. The van der Waals surface area contributed by atoms with Crippen molar-refractivity contribution in [2.45, 2.75) is 0 Å². The van der Waals surface area contributed by atoms with Crippen molar-refractivity contribution < 1.29 is 37.8 Å². The molecule has 0 aliphatic rings. The van der Waals surface area contributed by atoms with E-state index in [1.54, 1.807) is 24.3 Å². The molecule has 3 N–H and O–H groups in total. The molecule has 156 valence electrons. The van der Waals surface area contributed by atoms with Crippen LogP contribution in [0, 0.1) is 0 Å². The first-order valence-corrected chi connectivity index (χ1v) is 11.4. The fraction of sp³-hybridized carbons (Fsp3) is 0. The Labute approximate surface area is 178 Å². The highest BCUT2D eigenvalue weighted by Crippen LogP contribution is 2.37. The van der Waals surface area contributed by atoms with Gasteiger partial charge in [0.1, 0.15) is 27.1 Å². The van der Waals surface area contributed by atoms with Gasteiger partial charge in [0.25, 0.3) is 0 Å². The number of hydrogen-bond donors (Lipinski definition) is 2. The summed E-state index contributed by atoms with van der Waals surface area (Å²) < 4.78 is 31.1. The second-order valence-electron chi connectivity index (χ2n) is 5.22. The quantitative estimate of drug-likeness (QED) is 0.205. The Morgan fingerprint density at radius 3 is 2.00 bits per heavy atom. The Kier molecular flexibility index (Phi) is 7.55. The molecule has 15 heteroatoms. The van der Waals surface area contributed by atoms with Crippen LogP contribution in [0.2, 0.25) is 0 Å². The fourth-order valence-electron chi connectivity index (χ4n) is 2.11. The SMILES string of the molecule is NC(=S)N/N=C(/c1cccc(Br)c1)c1cc(OP(=O)([O-])[O-])cc(OP(=O)([O-])[O-])c1. The summed E-state index contributed by atoms with van der Waals surface area (Å²) in [6, 6.07) is 9.47. The molecule has 11 nitrogen and oxygen atoms in total. The number of phosphoric ester groups is 2. The van der Waals surface area contributed by atoms with E-state index in [0.29, 0.717) is 10.0 Å². The zero-order valence-electron chi connectivity index (χ0n) is 14.0. The van der Waals surface area contributed by atoms with Gasteiger partial charge in [-0.15, -0.1) is 0 Å². The first-order chi connectivity index (χ1) is 13.3. The van der Waals surface area contributed by atoms with E-state index in [0.717, 1.165) is 18.2 Å². The maximum atomic E-state index is 11.0. The largest absolute Gasteiger partial charge is 0.780 e. The molecule has 0 fully saturated rings. The van der Waals surface area contributed by atoms with Crippen LogP contribution >= 0.6 is 43.8 Å². The zero-order valence-corrected chi connectivity index (χ0v) is 18.2. The molecule has 2 rings (SSSR count). The van der Waals surface area contributed by atoms with Gasteiger partial charge in [0.2, 0.25) is 0 Å². The molecule has 0 radical (unpaired) electrons. The van der Waals surface area contributed by atoms with E-state index in [1.165, 1.54) is 0 Å². The number of nitrogens with two attached hydrogens (primary N) is 1. The van der Waals surface area contributed by atoms with E-state index in [9.17, 15) is 28.7 Å². The molecule has 29 heavy (non-hydrogen) atoms. The minimum absolute atomic E-state index is 0.0150. The van der Waals surface area contributed by atoms with Crippen LogP contribution in [0.15, 0.2) is 52.0 Å². The number of nitrogens with one attached hydrogen (secondary N) is 1. The molecule has 0 atom stereocenters. The van der Waals surface area contributed by atoms with Gasteiger partial charge in [0.15, 0.2) is 5.11 Å². The van der Waals surface area contributed by atoms with Gasteiger partial charge in [-0.3, -0.25) is 5.43 Å². The number of hydrazone groups is 1. The van der Waals surface area contributed by atoms with Crippen molar-refractivity contribution in [2.75, 3.05) is 0 Å². The lowest BCUT2D eigenvalue weighted by Gasteiger charge is -2.31. The van der Waals surface area contributed by atoms with Crippen LogP contribution in [0.25, 0.3) is 0 Å². The minimum atomic E-state index is -5.50. The monoisotopic (exact) mass is 521 g/mol. The Morgan fingerprint density at radius 2 is 1.55 bits per heavy atom. The van der Waals surface area contributed by atoms with E-state index >= 15 is 0 Å². The molecule has 0 aliphatic carbocycles. The van der Waals surface area contributed by atoms with Gasteiger partial charge in [0, 0.05) is 21.7 Å². The summed E-state index contributed by atoms with van der Waals surface area (Å²) in [5.41, 5.74) is 8.24. The smallest absolute Gasteiger partial charge is 0.184 e. The predicted octanol–water partition coefficient (Wildman–Crippen LogP) is -0.550. The van der Waals surface area contributed by atoms with Gasteiger partial charge in [-0.25, -0.2) is 0 Å². The second kappa shape index (κ2) is 9.33. The fourth-order valence-corrected chi connectivity index (χ4v) is 3.29. The summed E-state index contributed by atoms with van der Waals surface area (Å²) in [7, 11) is -11.0. The molecule has 0 unspecified atom stereocenters. The second-order valence-corrected chi connectivity index (χ2v) is 8.73. The average Bonchev–Trinajstić information content (AvgIpc) is 2.51. The summed E-state index contributed by atoms with van der Waals surface area (Å²) in [4.78, 5) is 43.8. The summed E-state index contributed by atoms with van der Waals surface area (Å²) >= 11 is 7.97. The van der Waals surface area contributed by atoms with Crippen LogP contribution < -0.4 is 39.8 Å². The van der Waals surface area contributed by atoms with Gasteiger partial charge in [-0.1, -0.05) is 28.1 Å². The normalized spacial score (nSPS) is 12.4. The molecular formula is C14H10BrN3O8P2S-4. The maximum absolute atomic E-state index is 11.0. The van der Waals surface area contributed by atoms with Crippen molar-refractivity contribution in [3.63, 3.8) is 0 Å². The van der Waals surface area contributed by atoms with E-state index < -0.39 is 27.1 Å². The van der Waals surface area contributed by atoms with Gasteiger partial charge in [-0.2, -0.15) is 5.10 Å². The standard InChI is InChI=1S/C14H14BrN3O8P2S/c15-10-3-1-2-8(4-10)13(17-18-14(16)29)9-5-11(25-27(19,20)21)7-12(6-9)26-28(22,23)24/h1-7H,(H3,16,18,29)(H2,19,20,21)(H2,22,23,24)/p-4/b17-13-. The van der Waals surface area contributed by atoms with Crippen molar-refractivity contribution in [1.29, 1.82) is 0 Å². The molecule has 0 spiro atoms. The maximum Gasteiger partial charge on any atom is 0.184 e. The third kappa shape index (κ3) is 8.21. The summed E-state index contributed by atoms with van der Waals surface area (Å²) in [6.45, 7) is 0. The third-order valence-corrected chi connectivity index (χ3v) is 4.42. The lowest BCUT2D eigenvalue weighted by molar-refractivity contribution is -0.335. The first-order valence-electron chi connectivity index (χ1n) is 7.30. The van der Waals surface area contributed by atoms with Crippen molar-refractivity contribution in [1.82, 2.24) is 5.43 Å². The van der Waals surface area contributed by atoms with Gasteiger partial charge in [0.05, 0.1) is 5.71 Å². The van der Waals surface area contributed by atoms with Crippen LogP contribution in [-0.2, 0) is 9.13 Å². The number of phosphoric acid groups is 2. The van der Waals surface area contributed by atoms with Crippen LogP contribution in [0.4, 0.5) is 0 Å². The summed E-state index contributed by atoms with van der Waals surface area (Å²) in [5, 5.41) is 3.80. The van der Waals surface area contributed by atoms with Crippen molar-refractivity contribution in [3.8, 4) is 11.5 Å². The van der Waals surface area contributed by atoms with Gasteiger partial charge in [-0.05, 0) is 36.5 Å². The summed E-state index contributed by atoms with van der Waals surface area (Å²) in [6.07, 6.45) is 0. The lowest BCUT2D eigenvalue weighted by Crippen LogP contribution is -2.26. The first kappa shape index (κ1) is 23.5. The van der Waals surface area contributed by atoms with E-state index in [-0.39, 0.29) is 16.4 Å². The number of nitrogens with zero attached hydrogens (tertiary/aromatic N) is 1. The molecule has 2 aromatic rings. The highest BCUT2D eigenvalue weighted by Gasteiger charge is 2.14. The predicted molar refractivity (Wildman–Crippen MR) is 103 cm³/mol. The van der Waals surface area contributed by atoms with Gasteiger partial charge < -0.3 is 43.5 Å². The highest BCUT2D eigenvalue weighted by molar-refractivity contribution is 9.10. The number of thiocarbonyl (C=S) groups is 1. The molecule has 0 amide bonds. The van der Waals surface area contributed by atoms with Gasteiger partial charge >= 0.3 is 0 Å².